The van der Waals surface area contributed by atoms with E-state index in [1.54, 1.807) is 6.07 Å². The fourth-order valence-corrected chi connectivity index (χ4v) is 2.17. The van der Waals surface area contributed by atoms with Crippen molar-refractivity contribution < 1.29 is 14.3 Å². The molecule has 112 valence electrons. The minimum atomic E-state index is -0.623. The van der Waals surface area contributed by atoms with Crippen LogP contribution in [0.1, 0.15) is 44.9 Å². The van der Waals surface area contributed by atoms with Crippen LogP contribution in [-0.2, 0) is 4.79 Å². The van der Waals surface area contributed by atoms with E-state index >= 15 is 0 Å². The highest BCUT2D eigenvalue weighted by atomic mass is 16.3. The second-order valence-electron chi connectivity index (χ2n) is 6.07. The third-order valence-corrected chi connectivity index (χ3v) is 3.78. The molecular weight excluding hydrogens is 268 g/mol. The van der Waals surface area contributed by atoms with Crippen molar-refractivity contribution in [1.29, 1.82) is 0 Å². The number of amides is 1. The van der Waals surface area contributed by atoms with Crippen LogP contribution in [0.15, 0.2) is 22.6 Å². The normalized spacial score (nSPS) is 16.4. The number of benzene rings is 1. The van der Waals surface area contributed by atoms with Gasteiger partial charge in [-0.15, -0.1) is 0 Å². The van der Waals surface area contributed by atoms with Gasteiger partial charge in [0.15, 0.2) is 11.5 Å². The van der Waals surface area contributed by atoms with E-state index in [2.05, 4.69) is 10.3 Å². The monoisotopic (exact) mass is 288 g/mol. The molecule has 5 nitrogen and oxygen atoms in total. The SMILES string of the molecule is CC(C)C(O)CC(=O)Nc1ccc2oc(C3CC3)nc2c1. The van der Waals surface area contributed by atoms with E-state index in [4.69, 9.17) is 4.42 Å². The van der Waals surface area contributed by atoms with Crippen LogP contribution < -0.4 is 5.32 Å². The number of carbonyl (C=O) groups excluding carboxylic acids is 1. The minimum absolute atomic E-state index is 0.0647. The Kier molecular flexibility index (Phi) is 3.68. The van der Waals surface area contributed by atoms with Gasteiger partial charge in [-0.1, -0.05) is 13.8 Å². The summed E-state index contributed by atoms with van der Waals surface area (Å²) in [6.07, 6.45) is 1.76. The Labute approximate surface area is 123 Å². The molecule has 1 atom stereocenters. The zero-order valence-electron chi connectivity index (χ0n) is 12.3. The average molecular weight is 288 g/mol. The predicted molar refractivity (Wildman–Crippen MR) is 80.1 cm³/mol. The molecule has 2 N–H and O–H groups in total. The Morgan fingerprint density at radius 3 is 2.90 bits per heavy atom. The quantitative estimate of drug-likeness (QED) is 0.886. The molecule has 1 aliphatic carbocycles. The van der Waals surface area contributed by atoms with E-state index in [0.717, 1.165) is 29.8 Å². The van der Waals surface area contributed by atoms with Crippen molar-refractivity contribution in [1.82, 2.24) is 4.98 Å². The van der Waals surface area contributed by atoms with Crippen LogP contribution in [0.4, 0.5) is 5.69 Å². The fraction of sp³-hybridized carbons (Fsp3) is 0.500. The Morgan fingerprint density at radius 2 is 2.24 bits per heavy atom. The number of nitrogens with one attached hydrogen (secondary N) is 1. The summed E-state index contributed by atoms with van der Waals surface area (Å²) in [5.41, 5.74) is 2.19. The Morgan fingerprint density at radius 1 is 1.48 bits per heavy atom. The van der Waals surface area contributed by atoms with Gasteiger partial charge < -0.3 is 14.8 Å². The van der Waals surface area contributed by atoms with Crippen molar-refractivity contribution in [3.05, 3.63) is 24.1 Å². The molecule has 21 heavy (non-hydrogen) atoms. The summed E-state index contributed by atoms with van der Waals surface area (Å²) >= 11 is 0. The number of hydrogen-bond acceptors (Lipinski definition) is 4. The molecular formula is C16H20N2O3. The summed E-state index contributed by atoms with van der Waals surface area (Å²) in [6.45, 7) is 3.78. The molecule has 1 unspecified atom stereocenters. The van der Waals surface area contributed by atoms with Gasteiger partial charge in [-0.3, -0.25) is 4.79 Å². The smallest absolute Gasteiger partial charge is 0.226 e. The zero-order valence-corrected chi connectivity index (χ0v) is 12.3. The maximum Gasteiger partial charge on any atom is 0.226 e. The molecule has 1 aromatic heterocycles. The number of fused-ring (bicyclic) bond motifs is 1. The second kappa shape index (κ2) is 5.48. The third-order valence-electron chi connectivity index (χ3n) is 3.78. The van der Waals surface area contributed by atoms with Gasteiger partial charge in [0.25, 0.3) is 0 Å². The first-order valence-corrected chi connectivity index (χ1v) is 7.41. The lowest BCUT2D eigenvalue weighted by molar-refractivity contribution is -0.118. The lowest BCUT2D eigenvalue weighted by Gasteiger charge is -2.13. The van der Waals surface area contributed by atoms with Crippen LogP contribution in [-0.4, -0.2) is 22.1 Å². The summed E-state index contributed by atoms with van der Waals surface area (Å²) in [4.78, 5) is 16.3. The standard InChI is InChI=1S/C16H20N2O3/c1-9(2)13(19)8-15(20)17-11-5-6-14-12(7-11)18-16(21-14)10-3-4-10/h5-7,9-10,13,19H,3-4,8H2,1-2H3,(H,17,20). The second-order valence-corrected chi connectivity index (χ2v) is 6.07. The highest BCUT2D eigenvalue weighted by molar-refractivity contribution is 5.93. The van der Waals surface area contributed by atoms with E-state index in [9.17, 15) is 9.90 Å². The third kappa shape index (κ3) is 3.24. The molecule has 0 spiro atoms. The summed E-state index contributed by atoms with van der Waals surface area (Å²) in [5.74, 6) is 1.14. The number of aromatic nitrogens is 1. The average Bonchev–Trinajstić information content (AvgIpc) is 3.18. The van der Waals surface area contributed by atoms with Crippen LogP contribution in [0.3, 0.4) is 0 Å². The summed E-state index contributed by atoms with van der Waals surface area (Å²) in [5, 5.41) is 12.5. The molecule has 3 rings (SSSR count). The van der Waals surface area contributed by atoms with Gasteiger partial charge in [0.2, 0.25) is 5.91 Å². The van der Waals surface area contributed by atoms with Crippen molar-refractivity contribution in [2.75, 3.05) is 5.32 Å². The molecule has 0 bridgehead atoms. The first kappa shape index (κ1) is 14.1. The molecule has 1 amide bonds. The van der Waals surface area contributed by atoms with Gasteiger partial charge in [0.1, 0.15) is 5.52 Å². The highest BCUT2D eigenvalue weighted by Crippen LogP contribution is 2.40. The summed E-state index contributed by atoms with van der Waals surface area (Å²) < 4.78 is 5.68. The fourth-order valence-electron chi connectivity index (χ4n) is 2.17. The van der Waals surface area contributed by atoms with Crippen molar-refractivity contribution in [2.45, 2.75) is 45.1 Å². The molecule has 1 aromatic carbocycles. The minimum Gasteiger partial charge on any atom is -0.440 e. The molecule has 1 saturated carbocycles. The Balaban J connectivity index is 1.70. The van der Waals surface area contributed by atoms with E-state index in [0.29, 0.717) is 11.6 Å². The number of nitrogens with zero attached hydrogens (tertiary/aromatic N) is 1. The van der Waals surface area contributed by atoms with Crippen LogP contribution >= 0.6 is 0 Å². The van der Waals surface area contributed by atoms with Gasteiger partial charge in [-0.25, -0.2) is 4.98 Å². The van der Waals surface area contributed by atoms with E-state index in [-0.39, 0.29) is 18.2 Å². The molecule has 0 saturated heterocycles. The molecule has 5 heteroatoms. The maximum absolute atomic E-state index is 11.9. The Hall–Kier alpha value is -1.88. The van der Waals surface area contributed by atoms with Gasteiger partial charge >= 0.3 is 0 Å². The van der Waals surface area contributed by atoms with Crippen LogP contribution in [0.25, 0.3) is 11.1 Å². The topological polar surface area (TPSA) is 75.4 Å². The number of aliphatic hydroxyl groups excluding tert-OH is 1. The zero-order chi connectivity index (χ0) is 15.0. The molecule has 0 radical (unpaired) electrons. The Bertz CT molecular complexity index is 659. The van der Waals surface area contributed by atoms with Gasteiger partial charge in [0, 0.05) is 11.6 Å². The number of aliphatic hydroxyl groups is 1. The van der Waals surface area contributed by atoms with Gasteiger partial charge in [0.05, 0.1) is 12.5 Å². The van der Waals surface area contributed by atoms with Crippen molar-refractivity contribution in [3.63, 3.8) is 0 Å². The van der Waals surface area contributed by atoms with Crippen molar-refractivity contribution in [3.8, 4) is 0 Å². The molecule has 1 aliphatic rings. The summed E-state index contributed by atoms with van der Waals surface area (Å²) in [7, 11) is 0. The van der Waals surface area contributed by atoms with Crippen molar-refractivity contribution in [2.24, 2.45) is 5.92 Å². The number of rotatable bonds is 5. The van der Waals surface area contributed by atoms with E-state index in [1.165, 1.54) is 0 Å². The van der Waals surface area contributed by atoms with E-state index < -0.39 is 6.10 Å². The number of anilines is 1. The number of carbonyl (C=O) groups is 1. The van der Waals surface area contributed by atoms with Crippen LogP contribution in [0, 0.1) is 5.92 Å². The van der Waals surface area contributed by atoms with Crippen LogP contribution in [0.2, 0.25) is 0 Å². The maximum atomic E-state index is 11.9. The lowest BCUT2D eigenvalue weighted by Crippen LogP contribution is -2.23. The number of hydrogen-bond donors (Lipinski definition) is 2. The largest absolute Gasteiger partial charge is 0.440 e. The molecule has 1 heterocycles. The van der Waals surface area contributed by atoms with Gasteiger partial charge in [-0.2, -0.15) is 0 Å². The van der Waals surface area contributed by atoms with Gasteiger partial charge in [-0.05, 0) is 37.0 Å². The van der Waals surface area contributed by atoms with Crippen molar-refractivity contribution >= 4 is 22.7 Å². The summed E-state index contributed by atoms with van der Waals surface area (Å²) in [6, 6.07) is 5.43. The molecule has 1 fully saturated rings. The first-order valence-electron chi connectivity index (χ1n) is 7.41. The predicted octanol–water partition coefficient (Wildman–Crippen LogP) is 3.05. The highest BCUT2D eigenvalue weighted by Gasteiger charge is 2.28. The number of oxazole rings is 1. The molecule has 2 aromatic rings. The first-order chi connectivity index (χ1) is 10.0. The molecule has 0 aliphatic heterocycles. The lowest BCUT2D eigenvalue weighted by atomic mass is 10.0. The van der Waals surface area contributed by atoms with E-state index in [1.807, 2.05) is 26.0 Å². The van der Waals surface area contributed by atoms with Crippen LogP contribution in [0.5, 0.6) is 0 Å².